The molecule has 25 heavy (non-hydrogen) atoms. The molecule has 0 fully saturated rings. The zero-order valence-corrected chi connectivity index (χ0v) is 13.6. The molecular weight excluding hydrogens is 326 g/mol. The molecule has 8 heteroatoms. The summed E-state index contributed by atoms with van der Waals surface area (Å²) in [7, 11) is 0. The Balaban J connectivity index is 2.31. The van der Waals surface area contributed by atoms with Gasteiger partial charge in [-0.05, 0) is 26.0 Å². The van der Waals surface area contributed by atoms with E-state index in [0.29, 0.717) is 0 Å². The van der Waals surface area contributed by atoms with Crippen molar-refractivity contribution in [1.29, 1.82) is 0 Å². The molecule has 3 N–H and O–H groups in total. The lowest BCUT2D eigenvalue weighted by atomic mass is 10.1. The van der Waals surface area contributed by atoms with Crippen LogP contribution in [0.1, 0.15) is 43.6 Å². The molecule has 3 rings (SSSR count). The van der Waals surface area contributed by atoms with Gasteiger partial charge in [0, 0.05) is 6.07 Å². The van der Waals surface area contributed by atoms with Crippen LogP contribution in [0.25, 0.3) is 5.69 Å². The highest BCUT2D eigenvalue weighted by Gasteiger charge is 2.32. The number of fused-ring (bicyclic) bond motifs is 1. The van der Waals surface area contributed by atoms with E-state index in [1.807, 2.05) is 0 Å². The SMILES string of the molecule is CCOC(=O)c1cc(C)ccc1-n1c(N)c2c(cc1=O)C(=O)NC2=O. The third-order valence-corrected chi connectivity index (χ3v) is 3.84. The summed E-state index contributed by atoms with van der Waals surface area (Å²) in [6.07, 6.45) is 0. The van der Waals surface area contributed by atoms with E-state index >= 15 is 0 Å². The minimum atomic E-state index is -0.684. The van der Waals surface area contributed by atoms with Gasteiger partial charge in [-0.15, -0.1) is 0 Å². The Morgan fingerprint density at radius 2 is 1.92 bits per heavy atom. The minimum Gasteiger partial charge on any atom is -0.462 e. The van der Waals surface area contributed by atoms with Crippen LogP contribution < -0.4 is 16.6 Å². The number of carbonyl (C=O) groups is 3. The number of nitrogens with two attached hydrogens (primary N) is 1. The van der Waals surface area contributed by atoms with Crippen LogP contribution in [0.3, 0.4) is 0 Å². The first-order chi connectivity index (χ1) is 11.8. The van der Waals surface area contributed by atoms with Gasteiger partial charge in [0.05, 0.1) is 29.0 Å². The highest BCUT2D eigenvalue weighted by atomic mass is 16.5. The van der Waals surface area contributed by atoms with Gasteiger partial charge in [0.15, 0.2) is 0 Å². The molecule has 0 saturated carbocycles. The predicted octanol–water partition coefficient (Wildman–Crippen LogP) is 0.788. The molecule has 1 aromatic carbocycles. The van der Waals surface area contributed by atoms with Gasteiger partial charge in [-0.3, -0.25) is 24.3 Å². The summed E-state index contributed by atoms with van der Waals surface area (Å²) in [5.74, 6) is -2.18. The number of pyridine rings is 1. The largest absolute Gasteiger partial charge is 0.462 e. The summed E-state index contributed by atoms with van der Waals surface area (Å²) in [5, 5.41) is 2.09. The molecule has 0 saturated heterocycles. The van der Waals surface area contributed by atoms with E-state index in [9.17, 15) is 19.2 Å². The van der Waals surface area contributed by atoms with Gasteiger partial charge in [0.2, 0.25) is 0 Å². The fourth-order valence-corrected chi connectivity index (χ4v) is 2.75. The summed E-state index contributed by atoms with van der Waals surface area (Å²) < 4.78 is 6.06. The molecule has 2 heterocycles. The predicted molar refractivity (Wildman–Crippen MR) is 88.9 cm³/mol. The molecule has 2 amide bonds. The van der Waals surface area contributed by atoms with Gasteiger partial charge in [-0.1, -0.05) is 11.6 Å². The van der Waals surface area contributed by atoms with Gasteiger partial charge in [-0.2, -0.15) is 0 Å². The van der Waals surface area contributed by atoms with Crippen molar-refractivity contribution in [3.63, 3.8) is 0 Å². The molecule has 1 aromatic heterocycles. The fraction of sp³-hybridized carbons (Fsp3) is 0.176. The second-order valence-corrected chi connectivity index (χ2v) is 5.52. The molecule has 2 aromatic rings. The quantitative estimate of drug-likeness (QED) is 0.629. The average molecular weight is 341 g/mol. The van der Waals surface area contributed by atoms with Crippen molar-refractivity contribution in [2.45, 2.75) is 13.8 Å². The molecule has 1 aliphatic rings. The number of hydrogen-bond acceptors (Lipinski definition) is 6. The first-order valence-electron chi connectivity index (χ1n) is 7.54. The maximum Gasteiger partial charge on any atom is 0.340 e. The van der Waals surface area contributed by atoms with Crippen molar-refractivity contribution in [1.82, 2.24) is 9.88 Å². The molecular formula is C17H15N3O5. The van der Waals surface area contributed by atoms with Crippen LogP contribution in [0.5, 0.6) is 0 Å². The molecule has 0 spiro atoms. The zero-order chi connectivity index (χ0) is 18.3. The molecule has 128 valence electrons. The summed E-state index contributed by atoms with van der Waals surface area (Å²) in [5.41, 5.74) is 6.32. The Morgan fingerprint density at radius 1 is 1.20 bits per heavy atom. The number of nitrogens with zero attached hydrogens (tertiary/aromatic N) is 1. The van der Waals surface area contributed by atoms with Crippen LogP contribution in [0.15, 0.2) is 29.1 Å². The molecule has 0 radical (unpaired) electrons. The number of hydrogen-bond donors (Lipinski definition) is 2. The number of esters is 1. The summed E-state index contributed by atoms with van der Waals surface area (Å²) in [6.45, 7) is 3.62. The van der Waals surface area contributed by atoms with Crippen molar-refractivity contribution in [3.8, 4) is 5.69 Å². The summed E-state index contributed by atoms with van der Waals surface area (Å²) in [4.78, 5) is 48.4. The van der Waals surface area contributed by atoms with E-state index in [1.165, 1.54) is 0 Å². The van der Waals surface area contributed by atoms with Gasteiger partial charge < -0.3 is 10.5 Å². The highest BCUT2D eigenvalue weighted by Crippen LogP contribution is 2.25. The number of anilines is 1. The lowest BCUT2D eigenvalue weighted by Gasteiger charge is -2.15. The van der Waals surface area contributed by atoms with Crippen molar-refractivity contribution in [3.05, 3.63) is 56.9 Å². The molecule has 0 unspecified atom stereocenters. The Bertz CT molecular complexity index is 991. The Hall–Kier alpha value is -3.42. The van der Waals surface area contributed by atoms with E-state index in [0.717, 1.165) is 16.2 Å². The summed E-state index contributed by atoms with van der Waals surface area (Å²) in [6, 6.07) is 5.83. The van der Waals surface area contributed by atoms with E-state index in [-0.39, 0.29) is 34.8 Å². The third-order valence-electron chi connectivity index (χ3n) is 3.84. The smallest absolute Gasteiger partial charge is 0.340 e. The van der Waals surface area contributed by atoms with Crippen LogP contribution in [-0.4, -0.2) is 29.0 Å². The first-order valence-corrected chi connectivity index (χ1v) is 7.54. The number of carbonyl (C=O) groups excluding carboxylic acids is 3. The maximum absolute atomic E-state index is 12.5. The molecule has 0 bridgehead atoms. The van der Waals surface area contributed by atoms with E-state index in [4.69, 9.17) is 10.5 Å². The van der Waals surface area contributed by atoms with Crippen LogP contribution in [0.4, 0.5) is 5.82 Å². The number of imide groups is 1. The topological polar surface area (TPSA) is 120 Å². The van der Waals surface area contributed by atoms with Crippen molar-refractivity contribution in [2.24, 2.45) is 0 Å². The number of benzene rings is 1. The Kier molecular flexibility index (Phi) is 3.88. The second kappa shape index (κ2) is 5.90. The normalized spacial score (nSPS) is 12.7. The Morgan fingerprint density at radius 3 is 2.60 bits per heavy atom. The van der Waals surface area contributed by atoms with Crippen molar-refractivity contribution in [2.75, 3.05) is 12.3 Å². The third kappa shape index (κ3) is 2.57. The number of ether oxygens (including phenoxy) is 1. The number of amides is 2. The fourth-order valence-electron chi connectivity index (χ4n) is 2.75. The maximum atomic E-state index is 12.5. The number of rotatable bonds is 3. The van der Waals surface area contributed by atoms with Crippen LogP contribution in [0.2, 0.25) is 0 Å². The van der Waals surface area contributed by atoms with Crippen molar-refractivity contribution < 1.29 is 19.1 Å². The number of nitrogen functional groups attached to an aromatic ring is 1. The molecule has 1 aliphatic heterocycles. The van der Waals surface area contributed by atoms with Crippen LogP contribution in [0, 0.1) is 6.92 Å². The number of nitrogens with one attached hydrogen (secondary N) is 1. The van der Waals surface area contributed by atoms with Gasteiger partial charge in [0.25, 0.3) is 17.4 Å². The van der Waals surface area contributed by atoms with E-state index in [1.54, 1.807) is 32.0 Å². The van der Waals surface area contributed by atoms with Crippen LogP contribution >= 0.6 is 0 Å². The molecule has 8 nitrogen and oxygen atoms in total. The van der Waals surface area contributed by atoms with Crippen molar-refractivity contribution >= 4 is 23.6 Å². The lowest BCUT2D eigenvalue weighted by molar-refractivity contribution is 0.0526. The second-order valence-electron chi connectivity index (χ2n) is 5.52. The van der Waals surface area contributed by atoms with Gasteiger partial charge in [-0.25, -0.2) is 4.79 Å². The monoisotopic (exact) mass is 341 g/mol. The molecule has 0 aliphatic carbocycles. The number of aryl methyl sites for hydroxylation is 1. The lowest BCUT2D eigenvalue weighted by Crippen LogP contribution is -2.26. The average Bonchev–Trinajstić information content (AvgIpc) is 2.83. The Labute approximate surface area is 142 Å². The minimum absolute atomic E-state index is 0.0754. The van der Waals surface area contributed by atoms with Crippen LogP contribution in [-0.2, 0) is 4.74 Å². The van der Waals surface area contributed by atoms with E-state index in [2.05, 4.69) is 5.32 Å². The van der Waals surface area contributed by atoms with E-state index < -0.39 is 23.3 Å². The standard InChI is InChI=1S/C17H15N3O5/c1-3-25-17(24)9-6-8(2)4-5-11(9)20-12(21)7-10-13(14(20)18)16(23)19-15(10)22/h4-7H,3,18H2,1-2H3,(H,19,22,23). The molecule has 0 atom stereocenters. The highest BCUT2D eigenvalue weighted by molar-refractivity contribution is 6.23. The number of aromatic nitrogens is 1. The zero-order valence-electron chi connectivity index (χ0n) is 13.6. The van der Waals surface area contributed by atoms with Gasteiger partial charge in [0.1, 0.15) is 5.82 Å². The summed E-state index contributed by atoms with van der Waals surface area (Å²) >= 11 is 0. The first kappa shape index (κ1) is 16.4. The van der Waals surface area contributed by atoms with Gasteiger partial charge >= 0.3 is 5.97 Å².